The molecule has 0 N–H and O–H groups in total. The van der Waals surface area contributed by atoms with E-state index in [1.807, 2.05) is 48.8 Å². The molecule has 0 fully saturated rings. The lowest BCUT2D eigenvalue weighted by Gasteiger charge is -2.26. The molecule has 0 heterocycles. The van der Waals surface area contributed by atoms with E-state index in [-0.39, 0.29) is 5.41 Å². The summed E-state index contributed by atoms with van der Waals surface area (Å²) in [5.41, 5.74) is 6.51. The van der Waals surface area contributed by atoms with Crippen LogP contribution in [-0.4, -0.2) is 12.4 Å². The van der Waals surface area contributed by atoms with E-state index in [1.54, 1.807) is 0 Å². The molecule has 2 nitrogen and oxygen atoms in total. The van der Waals surface area contributed by atoms with E-state index < -0.39 is 0 Å². The second-order valence-corrected chi connectivity index (χ2v) is 8.06. The van der Waals surface area contributed by atoms with E-state index in [4.69, 9.17) is 0 Å². The maximum absolute atomic E-state index is 4.59. The van der Waals surface area contributed by atoms with Gasteiger partial charge in [0.1, 0.15) is 0 Å². The van der Waals surface area contributed by atoms with Crippen LogP contribution < -0.4 is 0 Å². The summed E-state index contributed by atoms with van der Waals surface area (Å²) < 4.78 is 0. The number of hydrogen-bond donors (Lipinski definition) is 0. The van der Waals surface area contributed by atoms with Crippen LogP contribution in [0.2, 0.25) is 0 Å². The molecule has 0 aliphatic rings. The lowest BCUT2D eigenvalue weighted by molar-refractivity contribution is 0.641. The van der Waals surface area contributed by atoms with Gasteiger partial charge in [0.15, 0.2) is 0 Å². The summed E-state index contributed by atoms with van der Waals surface area (Å²) in [7, 11) is 0. The van der Waals surface area contributed by atoms with Crippen molar-refractivity contribution in [3.8, 4) is 0 Å². The standard InChI is InChI=1S/C29H26N2/c1-29(2,25-13-17-27(18-14-25)30-21-23-9-5-3-6-10-23)26-15-19-28(20-16-26)31-22-24-11-7-4-8-12-24/h3-22H,1-2H3. The topological polar surface area (TPSA) is 24.7 Å². The fraction of sp³-hybridized carbons (Fsp3) is 0.103. The number of rotatable bonds is 6. The number of benzene rings is 4. The Balaban J connectivity index is 1.47. The van der Waals surface area contributed by atoms with Gasteiger partial charge in [-0.1, -0.05) is 98.8 Å². The van der Waals surface area contributed by atoms with Gasteiger partial charge >= 0.3 is 0 Å². The van der Waals surface area contributed by atoms with Crippen molar-refractivity contribution in [1.82, 2.24) is 0 Å². The number of hydrogen-bond acceptors (Lipinski definition) is 2. The van der Waals surface area contributed by atoms with E-state index in [0.717, 1.165) is 22.5 Å². The molecule has 0 aliphatic heterocycles. The van der Waals surface area contributed by atoms with Gasteiger partial charge in [0.2, 0.25) is 0 Å². The first-order valence-electron chi connectivity index (χ1n) is 10.5. The molecule has 0 spiro atoms. The fourth-order valence-corrected chi connectivity index (χ4v) is 3.47. The highest BCUT2D eigenvalue weighted by Gasteiger charge is 2.22. The Morgan fingerprint density at radius 2 is 0.839 bits per heavy atom. The summed E-state index contributed by atoms with van der Waals surface area (Å²) in [6.07, 6.45) is 3.80. The molecular formula is C29H26N2. The van der Waals surface area contributed by atoms with Crippen molar-refractivity contribution in [2.75, 3.05) is 0 Å². The van der Waals surface area contributed by atoms with Crippen molar-refractivity contribution in [2.45, 2.75) is 19.3 Å². The van der Waals surface area contributed by atoms with Crippen molar-refractivity contribution < 1.29 is 0 Å². The fourth-order valence-electron chi connectivity index (χ4n) is 3.47. The van der Waals surface area contributed by atoms with E-state index in [9.17, 15) is 0 Å². The van der Waals surface area contributed by atoms with Gasteiger partial charge in [-0.15, -0.1) is 0 Å². The first-order valence-corrected chi connectivity index (χ1v) is 10.5. The molecule has 31 heavy (non-hydrogen) atoms. The summed E-state index contributed by atoms with van der Waals surface area (Å²) in [6, 6.07) is 37.3. The molecule has 4 rings (SSSR count). The van der Waals surface area contributed by atoms with E-state index >= 15 is 0 Å². The molecule has 0 saturated heterocycles. The van der Waals surface area contributed by atoms with E-state index in [0.29, 0.717) is 0 Å². The molecule has 4 aromatic carbocycles. The quantitative estimate of drug-likeness (QED) is 0.298. The van der Waals surface area contributed by atoms with Gasteiger partial charge in [0, 0.05) is 17.8 Å². The second kappa shape index (κ2) is 9.36. The Morgan fingerprint density at radius 3 is 1.19 bits per heavy atom. The van der Waals surface area contributed by atoms with Crippen molar-refractivity contribution in [3.63, 3.8) is 0 Å². The first-order chi connectivity index (χ1) is 15.1. The van der Waals surface area contributed by atoms with Crippen LogP contribution in [0.5, 0.6) is 0 Å². The molecule has 152 valence electrons. The molecule has 0 unspecified atom stereocenters. The first kappa shape index (κ1) is 20.5. The maximum Gasteiger partial charge on any atom is 0.0630 e. The van der Waals surface area contributed by atoms with Crippen LogP contribution in [0.4, 0.5) is 11.4 Å². The third-order valence-corrected chi connectivity index (χ3v) is 5.50. The van der Waals surface area contributed by atoms with Crippen LogP contribution in [0.1, 0.15) is 36.1 Å². The minimum Gasteiger partial charge on any atom is -0.256 e. The lowest BCUT2D eigenvalue weighted by atomic mass is 9.78. The van der Waals surface area contributed by atoms with Gasteiger partial charge < -0.3 is 0 Å². The smallest absolute Gasteiger partial charge is 0.0630 e. The van der Waals surface area contributed by atoms with Crippen molar-refractivity contribution in [3.05, 3.63) is 131 Å². The molecule has 0 saturated carbocycles. The van der Waals surface area contributed by atoms with Crippen LogP contribution in [0.15, 0.2) is 119 Å². The molecule has 0 bridgehead atoms. The molecule has 2 heteroatoms. The molecule has 0 aliphatic carbocycles. The third kappa shape index (κ3) is 5.23. The normalized spacial score (nSPS) is 11.9. The van der Waals surface area contributed by atoms with Gasteiger partial charge in [0.25, 0.3) is 0 Å². The molecule has 0 atom stereocenters. The predicted octanol–water partition coefficient (Wildman–Crippen LogP) is 7.51. The van der Waals surface area contributed by atoms with Gasteiger partial charge in [-0.05, 0) is 46.5 Å². The molecule has 0 aromatic heterocycles. The zero-order valence-electron chi connectivity index (χ0n) is 17.9. The van der Waals surface area contributed by atoms with Crippen LogP contribution in [0.3, 0.4) is 0 Å². The summed E-state index contributed by atoms with van der Waals surface area (Å²) in [5.74, 6) is 0. The summed E-state index contributed by atoms with van der Waals surface area (Å²) in [4.78, 5) is 9.18. The summed E-state index contributed by atoms with van der Waals surface area (Å²) in [6.45, 7) is 4.50. The highest BCUT2D eigenvalue weighted by molar-refractivity contribution is 5.82. The van der Waals surface area contributed by atoms with Crippen LogP contribution >= 0.6 is 0 Å². The minimum atomic E-state index is -0.108. The third-order valence-electron chi connectivity index (χ3n) is 5.50. The zero-order valence-corrected chi connectivity index (χ0v) is 17.9. The minimum absolute atomic E-state index is 0.108. The Bertz CT molecular complexity index is 1060. The van der Waals surface area contributed by atoms with Crippen LogP contribution in [-0.2, 0) is 5.41 Å². The maximum atomic E-state index is 4.59. The largest absolute Gasteiger partial charge is 0.256 e. The second-order valence-electron chi connectivity index (χ2n) is 8.06. The molecule has 4 aromatic rings. The Morgan fingerprint density at radius 1 is 0.484 bits per heavy atom. The van der Waals surface area contributed by atoms with Crippen molar-refractivity contribution >= 4 is 23.8 Å². The monoisotopic (exact) mass is 402 g/mol. The lowest BCUT2D eigenvalue weighted by Crippen LogP contribution is -2.18. The van der Waals surface area contributed by atoms with Gasteiger partial charge in [-0.25, -0.2) is 0 Å². The van der Waals surface area contributed by atoms with Gasteiger partial charge in [-0.2, -0.15) is 0 Å². The molecule has 0 radical (unpaired) electrons. The van der Waals surface area contributed by atoms with Crippen LogP contribution in [0.25, 0.3) is 0 Å². The summed E-state index contributed by atoms with van der Waals surface area (Å²) in [5, 5.41) is 0. The molecular weight excluding hydrogens is 376 g/mol. The van der Waals surface area contributed by atoms with Crippen molar-refractivity contribution in [2.24, 2.45) is 9.98 Å². The SMILES string of the molecule is CC(C)(c1ccc(N=Cc2ccccc2)cc1)c1ccc(N=Cc2ccccc2)cc1. The Labute approximate surface area is 184 Å². The highest BCUT2D eigenvalue weighted by Crippen LogP contribution is 2.33. The average molecular weight is 403 g/mol. The highest BCUT2D eigenvalue weighted by atomic mass is 14.7. The Kier molecular flexibility index (Phi) is 6.18. The van der Waals surface area contributed by atoms with E-state index in [1.165, 1.54) is 11.1 Å². The average Bonchev–Trinajstić information content (AvgIpc) is 2.83. The zero-order chi connectivity index (χ0) is 21.5. The Hall–Kier alpha value is -3.78. The predicted molar refractivity (Wildman–Crippen MR) is 132 cm³/mol. The van der Waals surface area contributed by atoms with Crippen molar-refractivity contribution in [1.29, 1.82) is 0 Å². The van der Waals surface area contributed by atoms with Crippen LogP contribution in [0, 0.1) is 0 Å². The molecule has 0 amide bonds. The number of aliphatic imine (C=N–C) groups is 2. The van der Waals surface area contributed by atoms with Gasteiger partial charge in [0.05, 0.1) is 11.4 Å². The van der Waals surface area contributed by atoms with E-state index in [2.05, 4.69) is 96.6 Å². The number of nitrogens with zero attached hydrogens (tertiary/aromatic N) is 2. The summed E-state index contributed by atoms with van der Waals surface area (Å²) >= 11 is 0. The van der Waals surface area contributed by atoms with Gasteiger partial charge in [-0.3, -0.25) is 9.98 Å².